The molecule has 0 aliphatic carbocycles. The number of hydrogen-bond acceptors (Lipinski definition) is 1. The Kier molecular flexibility index (Phi) is 4.18. The molecule has 0 rings (SSSR count). The third-order valence-electron chi connectivity index (χ3n) is 0.980. The number of alkyl halides is 3. The van der Waals surface area contributed by atoms with Gasteiger partial charge in [0.25, 0.3) is 0 Å². The van der Waals surface area contributed by atoms with E-state index in [1.807, 2.05) is 13.8 Å². The Morgan fingerprint density at radius 2 is 1.91 bits per heavy atom. The van der Waals surface area contributed by atoms with Gasteiger partial charge in [0, 0.05) is 6.54 Å². The fourth-order valence-electron chi connectivity index (χ4n) is 0.490. The molecule has 1 N–H and O–H groups in total. The van der Waals surface area contributed by atoms with Crippen LogP contribution >= 0.6 is 0 Å². The predicted molar refractivity (Wildman–Crippen MR) is 38.4 cm³/mol. The number of allylic oxidation sites excluding steroid dienone is 1. The topological polar surface area (TPSA) is 12.0 Å². The van der Waals surface area contributed by atoms with Crippen molar-refractivity contribution in [2.24, 2.45) is 0 Å². The van der Waals surface area contributed by atoms with Gasteiger partial charge in [0.15, 0.2) is 0 Å². The smallest absolute Gasteiger partial charge is 0.305 e. The van der Waals surface area contributed by atoms with E-state index in [9.17, 15) is 13.2 Å². The molecule has 0 radical (unpaired) electrons. The molecule has 0 atom stereocenters. The molecular formula is C7H12F3N. The van der Waals surface area contributed by atoms with Gasteiger partial charge in [-0.15, -0.1) is 0 Å². The van der Waals surface area contributed by atoms with Crippen molar-refractivity contribution in [3.05, 3.63) is 11.6 Å². The van der Waals surface area contributed by atoms with Crippen LogP contribution in [0.4, 0.5) is 13.2 Å². The first-order chi connectivity index (χ1) is 4.92. The molecule has 0 unspecified atom stereocenters. The highest BCUT2D eigenvalue weighted by atomic mass is 19.4. The fraction of sp³-hybridized carbons (Fsp3) is 0.714. The van der Waals surface area contributed by atoms with Gasteiger partial charge in [0.2, 0.25) is 0 Å². The highest BCUT2D eigenvalue weighted by molar-refractivity contribution is 4.94. The molecule has 0 fully saturated rings. The van der Waals surface area contributed by atoms with Crippen LogP contribution in [0.25, 0.3) is 0 Å². The highest BCUT2D eigenvalue weighted by Crippen LogP contribution is 2.11. The lowest BCUT2D eigenvalue weighted by atomic mass is 10.3. The molecule has 1 nitrogen and oxygen atoms in total. The van der Waals surface area contributed by atoms with E-state index in [0.717, 1.165) is 5.57 Å². The Labute approximate surface area is 64.3 Å². The van der Waals surface area contributed by atoms with E-state index in [-0.39, 0.29) is 6.54 Å². The van der Waals surface area contributed by atoms with Crippen molar-refractivity contribution in [1.82, 2.24) is 5.32 Å². The summed E-state index contributed by atoms with van der Waals surface area (Å²) in [6.07, 6.45) is -2.39. The Morgan fingerprint density at radius 3 is 2.27 bits per heavy atom. The molecule has 66 valence electrons. The summed E-state index contributed by atoms with van der Waals surface area (Å²) in [7, 11) is 0. The van der Waals surface area contributed by atoms with Crippen LogP contribution < -0.4 is 5.32 Å². The third kappa shape index (κ3) is 9.49. The average Bonchev–Trinajstić information content (AvgIpc) is 1.78. The van der Waals surface area contributed by atoms with Crippen LogP contribution in [0.2, 0.25) is 0 Å². The normalized spacial score (nSPS) is 11.4. The van der Waals surface area contributed by atoms with E-state index in [1.54, 1.807) is 6.08 Å². The van der Waals surface area contributed by atoms with Crippen LogP contribution in [-0.4, -0.2) is 19.3 Å². The van der Waals surface area contributed by atoms with E-state index in [1.165, 1.54) is 0 Å². The van der Waals surface area contributed by atoms with Gasteiger partial charge in [-0.1, -0.05) is 11.6 Å². The molecule has 4 heteroatoms. The second kappa shape index (κ2) is 4.38. The van der Waals surface area contributed by atoms with Crippen LogP contribution in [0.1, 0.15) is 13.8 Å². The zero-order chi connectivity index (χ0) is 8.91. The zero-order valence-electron chi connectivity index (χ0n) is 6.63. The standard InChI is InChI=1S/C7H12F3N/c1-6(2)3-4-11-5-7(8,9)10/h3,11H,4-5H2,1-2H3. The van der Waals surface area contributed by atoms with E-state index in [0.29, 0.717) is 0 Å². The maximum atomic E-state index is 11.5. The molecule has 0 amide bonds. The summed E-state index contributed by atoms with van der Waals surface area (Å²) in [5, 5.41) is 2.26. The van der Waals surface area contributed by atoms with E-state index in [4.69, 9.17) is 0 Å². The van der Waals surface area contributed by atoms with Crippen molar-refractivity contribution in [2.75, 3.05) is 13.1 Å². The molecule has 0 saturated carbocycles. The minimum atomic E-state index is -4.10. The summed E-state index contributed by atoms with van der Waals surface area (Å²) >= 11 is 0. The molecule has 0 aromatic heterocycles. The van der Waals surface area contributed by atoms with Gasteiger partial charge < -0.3 is 5.32 Å². The quantitative estimate of drug-likeness (QED) is 0.501. The van der Waals surface area contributed by atoms with Gasteiger partial charge in [0.1, 0.15) is 0 Å². The van der Waals surface area contributed by atoms with Gasteiger partial charge in [-0.2, -0.15) is 13.2 Å². The minimum Gasteiger partial charge on any atom is -0.305 e. The highest BCUT2D eigenvalue weighted by Gasteiger charge is 2.25. The molecule has 0 spiro atoms. The number of halogens is 3. The number of nitrogens with one attached hydrogen (secondary N) is 1. The van der Waals surface area contributed by atoms with Crippen LogP contribution in [-0.2, 0) is 0 Å². The molecule has 0 aromatic rings. The molecular weight excluding hydrogens is 155 g/mol. The summed E-state index contributed by atoms with van der Waals surface area (Å²) in [5.41, 5.74) is 1.01. The molecule has 0 heterocycles. The SMILES string of the molecule is CC(C)=CCNCC(F)(F)F. The van der Waals surface area contributed by atoms with Gasteiger partial charge >= 0.3 is 6.18 Å². The lowest BCUT2D eigenvalue weighted by molar-refractivity contribution is -0.124. The van der Waals surface area contributed by atoms with Gasteiger partial charge in [-0.25, -0.2) is 0 Å². The van der Waals surface area contributed by atoms with Crippen molar-refractivity contribution >= 4 is 0 Å². The third-order valence-corrected chi connectivity index (χ3v) is 0.980. The first-order valence-electron chi connectivity index (χ1n) is 3.32. The summed E-state index contributed by atoms with van der Waals surface area (Å²) < 4.78 is 34.5. The Morgan fingerprint density at radius 1 is 1.36 bits per heavy atom. The summed E-state index contributed by atoms with van der Waals surface area (Å²) in [4.78, 5) is 0. The molecule has 0 aliphatic rings. The Hall–Kier alpha value is -0.510. The van der Waals surface area contributed by atoms with E-state index >= 15 is 0 Å². The molecule has 0 saturated heterocycles. The number of rotatable bonds is 3. The predicted octanol–water partition coefficient (Wildman–Crippen LogP) is 2.10. The monoisotopic (exact) mass is 167 g/mol. The average molecular weight is 167 g/mol. The zero-order valence-corrected chi connectivity index (χ0v) is 6.63. The lowest BCUT2D eigenvalue weighted by Gasteiger charge is -2.05. The maximum absolute atomic E-state index is 11.5. The van der Waals surface area contributed by atoms with Crippen LogP contribution in [0.5, 0.6) is 0 Å². The molecule has 0 bridgehead atoms. The minimum absolute atomic E-state index is 0.280. The molecule has 0 aliphatic heterocycles. The fourth-order valence-corrected chi connectivity index (χ4v) is 0.490. The van der Waals surface area contributed by atoms with Crippen LogP contribution in [0.3, 0.4) is 0 Å². The second-order valence-electron chi connectivity index (χ2n) is 2.53. The van der Waals surface area contributed by atoms with Crippen molar-refractivity contribution in [1.29, 1.82) is 0 Å². The van der Waals surface area contributed by atoms with E-state index < -0.39 is 12.7 Å². The van der Waals surface area contributed by atoms with Crippen LogP contribution in [0.15, 0.2) is 11.6 Å². The van der Waals surface area contributed by atoms with E-state index in [2.05, 4.69) is 5.32 Å². The molecule has 11 heavy (non-hydrogen) atoms. The van der Waals surface area contributed by atoms with Crippen molar-refractivity contribution in [3.63, 3.8) is 0 Å². The van der Waals surface area contributed by atoms with Crippen molar-refractivity contribution in [2.45, 2.75) is 20.0 Å². The first-order valence-corrected chi connectivity index (χ1v) is 3.32. The Bertz CT molecular complexity index is 133. The van der Waals surface area contributed by atoms with Gasteiger partial charge in [-0.05, 0) is 13.8 Å². The maximum Gasteiger partial charge on any atom is 0.401 e. The van der Waals surface area contributed by atoms with Crippen molar-refractivity contribution < 1.29 is 13.2 Å². The van der Waals surface area contributed by atoms with Crippen molar-refractivity contribution in [3.8, 4) is 0 Å². The Balaban J connectivity index is 3.36. The summed E-state index contributed by atoms with van der Waals surface area (Å²) in [6, 6.07) is 0. The summed E-state index contributed by atoms with van der Waals surface area (Å²) in [6.45, 7) is 3.04. The van der Waals surface area contributed by atoms with Crippen LogP contribution in [0, 0.1) is 0 Å². The first kappa shape index (κ1) is 10.5. The second-order valence-corrected chi connectivity index (χ2v) is 2.53. The number of hydrogen-bond donors (Lipinski definition) is 1. The van der Waals surface area contributed by atoms with Gasteiger partial charge in [-0.3, -0.25) is 0 Å². The summed E-state index contributed by atoms with van der Waals surface area (Å²) in [5.74, 6) is 0. The lowest BCUT2D eigenvalue weighted by Crippen LogP contribution is -2.28. The van der Waals surface area contributed by atoms with Gasteiger partial charge in [0.05, 0.1) is 6.54 Å². The molecule has 0 aromatic carbocycles. The largest absolute Gasteiger partial charge is 0.401 e.